The van der Waals surface area contributed by atoms with Crippen molar-refractivity contribution in [1.29, 1.82) is 0 Å². The number of nitrogens with zero attached hydrogens (tertiary/aromatic N) is 1. The number of aromatic nitrogens is 1. The third-order valence-electron chi connectivity index (χ3n) is 3.44. The van der Waals surface area contributed by atoms with E-state index in [0.717, 1.165) is 0 Å². The standard InChI is InChI=1S/C19H15F2NO3/c20-14-5-7-15(8-6-14)22-10-9-16(13-19(22)23)24-11-12-25-18-4-2-1-3-17(18)21/h1-10,13H,11-12H2. The highest BCUT2D eigenvalue weighted by molar-refractivity contribution is 5.34. The summed E-state index contributed by atoms with van der Waals surface area (Å²) in [5, 5.41) is 0. The van der Waals surface area contributed by atoms with Crippen LogP contribution >= 0.6 is 0 Å². The van der Waals surface area contributed by atoms with Crippen molar-refractivity contribution in [1.82, 2.24) is 4.57 Å². The van der Waals surface area contributed by atoms with Gasteiger partial charge < -0.3 is 9.47 Å². The van der Waals surface area contributed by atoms with Gasteiger partial charge in [0.25, 0.3) is 5.56 Å². The second kappa shape index (κ2) is 7.61. The summed E-state index contributed by atoms with van der Waals surface area (Å²) in [7, 11) is 0. The van der Waals surface area contributed by atoms with E-state index in [4.69, 9.17) is 9.47 Å². The lowest BCUT2D eigenvalue weighted by atomic mass is 10.3. The van der Waals surface area contributed by atoms with E-state index in [1.807, 2.05) is 0 Å². The molecule has 0 fully saturated rings. The van der Waals surface area contributed by atoms with Crippen molar-refractivity contribution < 1.29 is 18.3 Å². The Balaban J connectivity index is 1.59. The number of para-hydroxylation sites is 1. The van der Waals surface area contributed by atoms with E-state index in [1.54, 1.807) is 24.4 Å². The van der Waals surface area contributed by atoms with Crippen LogP contribution in [0.25, 0.3) is 5.69 Å². The summed E-state index contributed by atoms with van der Waals surface area (Å²) in [5.41, 5.74) is 0.250. The fourth-order valence-electron chi connectivity index (χ4n) is 2.24. The number of rotatable bonds is 6. The largest absolute Gasteiger partial charge is 0.490 e. The van der Waals surface area contributed by atoms with Crippen LogP contribution in [0.3, 0.4) is 0 Å². The van der Waals surface area contributed by atoms with E-state index in [-0.39, 0.29) is 30.3 Å². The Morgan fingerprint density at radius 3 is 2.32 bits per heavy atom. The van der Waals surface area contributed by atoms with Gasteiger partial charge in [-0.3, -0.25) is 9.36 Å². The fraction of sp³-hybridized carbons (Fsp3) is 0.105. The zero-order valence-electron chi connectivity index (χ0n) is 13.2. The summed E-state index contributed by atoms with van der Waals surface area (Å²) >= 11 is 0. The summed E-state index contributed by atoms with van der Waals surface area (Å²) in [6.45, 7) is 0.302. The van der Waals surface area contributed by atoms with Crippen molar-refractivity contribution in [2.75, 3.05) is 13.2 Å². The van der Waals surface area contributed by atoms with Crippen molar-refractivity contribution in [2.45, 2.75) is 0 Å². The first-order valence-electron chi connectivity index (χ1n) is 7.62. The SMILES string of the molecule is O=c1cc(OCCOc2ccccc2F)ccn1-c1ccc(F)cc1. The first-order chi connectivity index (χ1) is 12.1. The third kappa shape index (κ3) is 4.23. The second-order valence-corrected chi connectivity index (χ2v) is 5.17. The lowest BCUT2D eigenvalue weighted by Crippen LogP contribution is -2.17. The maximum absolute atomic E-state index is 13.4. The van der Waals surface area contributed by atoms with Crippen molar-refractivity contribution in [2.24, 2.45) is 0 Å². The van der Waals surface area contributed by atoms with Gasteiger partial charge >= 0.3 is 0 Å². The van der Waals surface area contributed by atoms with Crippen LogP contribution in [-0.4, -0.2) is 17.8 Å². The van der Waals surface area contributed by atoms with Crippen LogP contribution in [-0.2, 0) is 0 Å². The molecule has 0 saturated heterocycles. The molecule has 0 radical (unpaired) electrons. The fourth-order valence-corrected chi connectivity index (χ4v) is 2.24. The molecule has 0 aliphatic rings. The molecule has 128 valence electrons. The van der Waals surface area contributed by atoms with Crippen molar-refractivity contribution in [3.05, 3.63) is 88.8 Å². The number of hydrogen-bond donors (Lipinski definition) is 0. The molecule has 0 bridgehead atoms. The van der Waals surface area contributed by atoms with Gasteiger partial charge in [0.05, 0.1) is 0 Å². The summed E-state index contributed by atoms with van der Waals surface area (Å²) in [5.74, 6) is -0.283. The van der Waals surface area contributed by atoms with Crippen molar-refractivity contribution in [3.63, 3.8) is 0 Å². The van der Waals surface area contributed by atoms with Gasteiger partial charge in [0.2, 0.25) is 0 Å². The van der Waals surface area contributed by atoms with Crippen LogP contribution in [0, 0.1) is 11.6 Å². The van der Waals surface area contributed by atoms with Crippen LogP contribution in [0.1, 0.15) is 0 Å². The Morgan fingerprint density at radius 2 is 1.60 bits per heavy atom. The zero-order chi connectivity index (χ0) is 17.6. The molecule has 0 aliphatic carbocycles. The highest BCUT2D eigenvalue weighted by atomic mass is 19.1. The van der Waals surface area contributed by atoms with E-state index < -0.39 is 5.82 Å². The van der Waals surface area contributed by atoms with Crippen LogP contribution in [0.5, 0.6) is 11.5 Å². The molecule has 0 N–H and O–H groups in total. The minimum absolute atomic E-state index is 0.141. The summed E-state index contributed by atoms with van der Waals surface area (Å²) < 4.78 is 38.4. The highest BCUT2D eigenvalue weighted by Crippen LogP contribution is 2.15. The Hall–Kier alpha value is -3.15. The van der Waals surface area contributed by atoms with Gasteiger partial charge in [-0.25, -0.2) is 8.78 Å². The van der Waals surface area contributed by atoms with Gasteiger partial charge in [0, 0.05) is 18.0 Å². The normalized spacial score (nSPS) is 10.5. The minimum Gasteiger partial charge on any atom is -0.490 e. The minimum atomic E-state index is -0.440. The average molecular weight is 343 g/mol. The predicted molar refractivity (Wildman–Crippen MR) is 89.4 cm³/mol. The molecule has 3 aromatic rings. The van der Waals surface area contributed by atoms with Crippen molar-refractivity contribution in [3.8, 4) is 17.2 Å². The Kier molecular flexibility index (Phi) is 5.09. The topological polar surface area (TPSA) is 40.5 Å². The first-order valence-corrected chi connectivity index (χ1v) is 7.62. The Morgan fingerprint density at radius 1 is 0.880 bits per heavy atom. The quantitative estimate of drug-likeness (QED) is 0.643. The molecular weight excluding hydrogens is 328 g/mol. The lowest BCUT2D eigenvalue weighted by Gasteiger charge is -2.10. The van der Waals surface area contributed by atoms with Gasteiger partial charge in [-0.05, 0) is 42.5 Å². The molecule has 6 heteroatoms. The average Bonchev–Trinajstić information content (AvgIpc) is 2.61. The van der Waals surface area contributed by atoms with Crippen LogP contribution < -0.4 is 15.0 Å². The zero-order valence-corrected chi connectivity index (χ0v) is 13.2. The maximum atomic E-state index is 13.4. The maximum Gasteiger partial charge on any atom is 0.258 e. The number of hydrogen-bond acceptors (Lipinski definition) is 3. The van der Waals surface area contributed by atoms with Crippen LogP contribution in [0.2, 0.25) is 0 Å². The molecule has 1 aromatic heterocycles. The van der Waals surface area contributed by atoms with Gasteiger partial charge in [-0.15, -0.1) is 0 Å². The van der Waals surface area contributed by atoms with Crippen molar-refractivity contribution >= 4 is 0 Å². The molecule has 0 unspecified atom stereocenters. The van der Waals surface area contributed by atoms with Crippen LogP contribution in [0.4, 0.5) is 8.78 Å². The number of pyridine rings is 1. The van der Waals surface area contributed by atoms with E-state index in [1.165, 1.54) is 47.0 Å². The molecule has 4 nitrogen and oxygen atoms in total. The molecular formula is C19H15F2NO3. The molecule has 0 atom stereocenters. The first kappa shape index (κ1) is 16.7. The van der Waals surface area contributed by atoms with Crippen LogP contribution in [0.15, 0.2) is 71.7 Å². The molecule has 0 amide bonds. The summed E-state index contributed by atoms with van der Waals surface area (Å²) in [4.78, 5) is 12.1. The molecule has 25 heavy (non-hydrogen) atoms. The predicted octanol–water partition coefficient (Wildman–Crippen LogP) is 3.57. The Labute approximate surface area is 142 Å². The molecule has 2 aromatic carbocycles. The van der Waals surface area contributed by atoms with E-state index >= 15 is 0 Å². The third-order valence-corrected chi connectivity index (χ3v) is 3.44. The number of benzene rings is 2. The second-order valence-electron chi connectivity index (χ2n) is 5.17. The highest BCUT2D eigenvalue weighted by Gasteiger charge is 2.04. The van der Waals surface area contributed by atoms with E-state index in [2.05, 4.69) is 0 Å². The molecule has 0 spiro atoms. The summed E-state index contributed by atoms with van der Waals surface area (Å²) in [6.07, 6.45) is 1.54. The number of halogens is 2. The molecule has 0 aliphatic heterocycles. The monoisotopic (exact) mass is 343 g/mol. The van der Waals surface area contributed by atoms with Gasteiger partial charge in [0.1, 0.15) is 24.8 Å². The van der Waals surface area contributed by atoms with Gasteiger partial charge in [-0.1, -0.05) is 12.1 Å². The Bertz CT molecular complexity index is 907. The van der Waals surface area contributed by atoms with Gasteiger partial charge in [0.15, 0.2) is 11.6 Å². The smallest absolute Gasteiger partial charge is 0.258 e. The summed E-state index contributed by atoms with van der Waals surface area (Å²) in [6, 6.07) is 14.6. The number of ether oxygens (including phenoxy) is 2. The molecule has 3 rings (SSSR count). The van der Waals surface area contributed by atoms with Gasteiger partial charge in [-0.2, -0.15) is 0 Å². The molecule has 1 heterocycles. The lowest BCUT2D eigenvalue weighted by molar-refractivity contribution is 0.211. The molecule has 0 saturated carbocycles. The van der Waals surface area contributed by atoms with E-state index in [9.17, 15) is 13.6 Å². The van der Waals surface area contributed by atoms with E-state index in [0.29, 0.717) is 11.4 Å².